The first-order valence-corrected chi connectivity index (χ1v) is 6.35. The molecule has 1 N–H and O–H groups in total. The van der Waals surface area contributed by atoms with E-state index in [1.165, 1.54) is 7.11 Å². The highest BCUT2D eigenvalue weighted by molar-refractivity contribution is 7.57. The number of aliphatic hydroxyl groups excluding tert-OH is 1. The molecule has 1 atom stereocenters. The predicted molar refractivity (Wildman–Crippen MR) is 60.4 cm³/mol. The summed E-state index contributed by atoms with van der Waals surface area (Å²) in [5.74, 6) is -0.326. The molecule has 0 fully saturated rings. The van der Waals surface area contributed by atoms with Gasteiger partial charge in [-0.1, -0.05) is 15.0 Å². The maximum atomic E-state index is 11.3. The monoisotopic (exact) mass is 234 g/mol. The average Bonchev–Trinajstić information content (AvgIpc) is 2.25. The summed E-state index contributed by atoms with van der Waals surface area (Å²) in [6, 6.07) is 0. The molecule has 0 aromatic heterocycles. The van der Waals surface area contributed by atoms with Crippen LogP contribution in [-0.4, -0.2) is 36.5 Å². The molecule has 0 aromatic rings. The van der Waals surface area contributed by atoms with Crippen molar-refractivity contribution in [1.29, 1.82) is 0 Å². The Labute approximate surface area is 92.2 Å². The Morgan fingerprint density at radius 1 is 1.20 bits per heavy atom. The first-order valence-electron chi connectivity index (χ1n) is 5.15. The van der Waals surface area contributed by atoms with Crippen molar-refractivity contribution < 1.29 is 19.4 Å². The third kappa shape index (κ3) is 9.83. The van der Waals surface area contributed by atoms with Gasteiger partial charge in [0.15, 0.2) is 5.52 Å². The number of carbonyl (C=O) groups is 2. The molecule has 0 spiro atoms. The standard InChI is InChI=1S/C10H19O4P/c1-14-9(12)5-6-10(13)15-8-4-2-3-7-11/h11,15H,2-8H2,1H3. The molecule has 0 amide bonds. The highest BCUT2D eigenvalue weighted by atomic mass is 31.1. The Balaban J connectivity index is 3.30. The molecule has 0 radical (unpaired) electrons. The third-order valence-corrected chi connectivity index (χ3v) is 3.19. The van der Waals surface area contributed by atoms with Crippen LogP contribution >= 0.6 is 8.58 Å². The van der Waals surface area contributed by atoms with Crippen LogP contribution in [0.1, 0.15) is 32.1 Å². The zero-order valence-electron chi connectivity index (χ0n) is 9.12. The van der Waals surface area contributed by atoms with E-state index in [9.17, 15) is 9.59 Å². The molecule has 0 rings (SSSR count). The van der Waals surface area contributed by atoms with E-state index < -0.39 is 0 Å². The number of methoxy groups -OCH3 is 1. The van der Waals surface area contributed by atoms with Crippen LogP contribution in [0, 0.1) is 0 Å². The first kappa shape index (κ1) is 14.5. The van der Waals surface area contributed by atoms with Gasteiger partial charge in [0.2, 0.25) is 0 Å². The summed E-state index contributed by atoms with van der Waals surface area (Å²) in [5, 5.41) is 8.53. The van der Waals surface area contributed by atoms with Crippen LogP contribution in [0.4, 0.5) is 0 Å². The van der Waals surface area contributed by atoms with Crippen LogP contribution < -0.4 is 0 Å². The molecular formula is C10H19O4P. The molecule has 0 aliphatic carbocycles. The van der Waals surface area contributed by atoms with Gasteiger partial charge in [-0.05, 0) is 19.0 Å². The molecule has 5 heteroatoms. The number of hydrogen-bond acceptors (Lipinski definition) is 4. The van der Waals surface area contributed by atoms with Crippen molar-refractivity contribution in [1.82, 2.24) is 0 Å². The Morgan fingerprint density at radius 2 is 1.93 bits per heavy atom. The molecular weight excluding hydrogens is 215 g/mol. The minimum Gasteiger partial charge on any atom is -0.469 e. The number of carbonyl (C=O) groups excluding carboxylic acids is 2. The molecule has 0 saturated carbocycles. The minimum atomic E-state index is -0.326. The molecule has 0 heterocycles. The summed E-state index contributed by atoms with van der Waals surface area (Å²) in [6.07, 6.45) is 4.11. The lowest BCUT2D eigenvalue weighted by Gasteiger charge is -2.00. The lowest BCUT2D eigenvalue weighted by atomic mass is 10.3. The summed E-state index contributed by atoms with van der Waals surface area (Å²) in [6.45, 7) is 0.222. The summed E-state index contributed by atoms with van der Waals surface area (Å²) in [4.78, 5) is 22.0. The number of aliphatic hydroxyl groups is 1. The highest BCUT2D eigenvalue weighted by Gasteiger charge is 2.06. The van der Waals surface area contributed by atoms with E-state index in [1.54, 1.807) is 0 Å². The van der Waals surface area contributed by atoms with E-state index in [2.05, 4.69) is 4.74 Å². The fourth-order valence-electron chi connectivity index (χ4n) is 1.05. The SMILES string of the molecule is COC(=O)CCC(=O)PCCCCCO. The Kier molecular flexibility index (Phi) is 9.75. The third-order valence-electron chi connectivity index (χ3n) is 1.94. The molecule has 4 nitrogen and oxygen atoms in total. The van der Waals surface area contributed by atoms with Crippen molar-refractivity contribution in [2.45, 2.75) is 32.1 Å². The number of esters is 1. The molecule has 0 bridgehead atoms. The maximum Gasteiger partial charge on any atom is 0.305 e. The van der Waals surface area contributed by atoms with Gasteiger partial charge in [-0.2, -0.15) is 0 Å². The zero-order chi connectivity index (χ0) is 11.5. The molecule has 0 aliphatic rings. The van der Waals surface area contributed by atoms with Gasteiger partial charge in [-0.3, -0.25) is 9.59 Å². The number of ether oxygens (including phenoxy) is 1. The van der Waals surface area contributed by atoms with Crippen LogP contribution in [0.15, 0.2) is 0 Å². The number of rotatable bonds is 9. The molecule has 1 unspecified atom stereocenters. The van der Waals surface area contributed by atoms with Crippen molar-refractivity contribution in [3.63, 3.8) is 0 Å². The Hall–Kier alpha value is -0.470. The van der Waals surface area contributed by atoms with Gasteiger partial charge in [0, 0.05) is 13.0 Å². The fourth-order valence-corrected chi connectivity index (χ4v) is 2.05. The van der Waals surface area contributed by atoms with Crippen LogP contribution in [0.3, 0.4) is 0 Å². The summed E-state index contributed by atoms with van der Waals surface area (Å²) in [7, 11) is 1.61. The first-order chi connectivity index (χ1) is 7.20. The van der Waals surface area contributed by atoms with Gasteiger partial charge in [0.25, 0.3) is 0 Å². The number of hydrogen-bond donors (Lipinski definition) is 1. The van der Waals surface area contributed by atoms with E-state index in [4.69, 9.17) is 5.11 Å². The van der Waals surface area contributed by atoms with Crippen LogP contribution in [0.2, 0.25) is 0 Å². The average molecular weight is 234 g/mol. The lowest BCUT2D eigenvalue weighted by Crippen LogP contribution is -2.02. The van der Waals surface area contributed by atoms with Gasteiger partial charge in [0.05, 0.1) is 13.5 Å². The predicted octanol–water partition coefficient (Wildman–Crippen LogP) is 1.31. The summed E-state index contributed by atoms with van der Waals surface area (Å²) in [5.41, 5.74) is 0.143. The van der Waals surface area contributed by atoms with Crippen LogP contribution in [0.5, 0.6) is 0 Å². The van der Waals surface area contributed by atoms with Gasteiger partial charge in [-0.15, -0.1) is 0 Å². The minimum absolute atomic E-state index is 0.143. The van der Waals surface area contributed by atoms with Gasteiger partial charge < -0.3 is 9.84 Å². The quantitative estimate of drug-likeness (QED) is 0.371. The lowest BCUT2D eigenvalue weighted by molar-refractivity contribution is -0.141. The molecule has 0 saturated heterocycles. The van der Waals surface area contributed by atoms with Crippen LogP contribution in [-0.2, 0) is 14.3 Å². The Bertz CT molecular complexity index is 194. The molecule has 0 aliphatic heterocycles. The van der Waals surface area contributed by atoms with E-state index in [1.807, 2.05) is 0 Å². The second-order valence-electron chi connectivity index (χ2n) is 3.21. The van der Waals surface area contributed by atoms with Gasteiger partial charge in [0.1, 0.15) is 0 Å². The molecule has 88 valence electrons. The number of unbranched alkanes of at least 4 members (excludes halogenated alkanes) is 2. The van der Waals surface area contributed by atoms with Gasteiger partial charge >= 0.3 is 5.97 Å². The second-order valence-corrected chi connectivity index (χ2v) is 4.62. The van der Waals surface area contributed by atoms with E-state index in [-0.39, 0.29) is 33.1 Å². The van der Waals surface area contributed by atoms with Gasteiger partial charge in [-0.25, -0.2) is 0 Å². The smallest absolute Gasteiger partial charge is 0.305 e. The van der Waals surface area contributed by atoms with Crippen molar-refractivity contribution in [2.24, 2.45) is 0 Å². The van der Waals surface area contributed by atoms with Crippen molar-refractivity contribution in [3.05, 3.63) is 0 Å². The summed E-state index contributed by atoms with van der Waals surface area (Å²) < 4.78 is 4.44. The Morgan fingerprint density at radius 3 is 2.53 bits per heavy atom. The van der Waals surface area contributed by atoms with Crippen molar-refractivity contribution in [2.75, 3.05) is 19.9 Å². The van der Waals surface area contributed by atoms with Crippen LogP contribution in [0.25, 0.3) is 0 Å². The second kappa shape index (κ2) is 10.1. The zero-order valence-corrected chi connectivity index (χ0v) is 10.1. The maximum absolute atomic E-state index is 11.3. The molecule has 0 aromatic carbocycles. The van der Waals surface area contributed by atoms with Crippen molar-refractivity contribution >= 4 is 20.1 Å². The van der Waals surface area contributed by atoms with E-state index in [0.29, 0.717) is 6.42 Å². The topological polar surface area (TPSA) is 63.6 Å². The van der Waals surface area contributed by atoms with Crippen molar-refractivity contribution in [3.8, 4) is 0 Å². The van der Waals surface area contributed by atoms with E-state index in [0.717, 1.165) is 25.4 Å². The van der Waals surface area contributed by atoms with E-state index >= 15 is 0 Å². The normalized spacial score (nSPS) is 10.8. The fraction of sp³-hybridized carbons (Fsp3) is 0.800. The largest absolute Gasteiger partial charge is 0.469 e. The molecule has 15 heavy (non-hydrogen) atoms. The summed E-state index contributed by atoms with van der Waals surface area (Å²) >= 11 is 0. The highest BCUT2D eigenvalue weighted by Crippen LogP contribution is 2.17.